The molecular formula is C16H15N3O. The highest BCUT2D eigenvalue weighted by Gasteiger charge is 2.07. The molecule has 1 N–H and O–H groups in total. The Morgan fingerprint density at radius 1 is 1.15 bits per heavy atom. The Labute approximate surface area is 118 Å². The smallest absolute Gasteiger partial charge is 0.243 e. The van der Waals surface area contributed by atoms with Gasteiger partial charge < -0.3 is 10.2 Å². The maximum Gasteiger partial charge on any atom is 0.243 e. The van der Waals surface area contributed by atoms with Crippen molar-refractivity contribution in [2.75, 3.05) is 23.8 Å². The van der Waals surface area contributed by atoms with Crippen LogP contribution in [-0.4, -0.2) is 19.5 Å². The normalized spacial score (nSPS) is 9.60. The van der Waals surface area contributed by atoms with Gasteiger partial charge in [-0.15, -0.1) is 0 Å². The van der Waals surface area contributed by atoms with Crippen molar-refractivity contribution < 1.29 is 4.79 Å². The lowest BCUT2D eigenvalue weighted by Crippen LogP contribution is -2.29. The summed E-state index contributed by atoms with van der Waals surface area (Å²) >= 11 is 0. The Morgan fingerprint density at radius 3 is 2.40 bits per heavy atom. The van der Waals surface area contributed by atoms with Gasteiger partial charge in [0, 0.05) is 18.4 Å². The standard InChI is InChI=1S/C16H15N3O/c1-19(15-5-3-2-4-6-15)12-16(20)18-14-9-7-13(11-17)8-10-14/h2-10H,12H2,1H3,(H,18,20). The first-order valence-corrected chi connectivity index (χ1v) is 6.25. The van der Waals surface area contributed by atoms with E-state index in [1.54, 1.807) is 24.3 Å². The van der Waals surface area contributed by atoms with Crippen LogP contribution in [0.5, 0.6) is 0 Å². The van der Waals surface area contributed by atoms with Crippen LogP contribution in [0.4, 0.5) is 11.4 Å². The highest BCUT2D eigenvalue weighted by atomic mass is 16.2. The van der Waals surface area contributed by atoms with Crippen LogP contribution in [0.1, 0.15) is 5.56 Å². The zero-order chi connectivity index (χ0) is 14.4. The molecule has 0 saturated carbocycles. The molecular weight excluding hydrogens is 250 g/mol. The molecule has 4 heteroatoms. The van der Waals surface area contributed by atoms with E-state index < -0.39 is 0 Å². The van der Waals surface area contributed by atoms with Crippen LogP contribution in [-0.2, 0) is 4.79 Å². The number of likely N-dealkylation sites (N-methyl/N-ethyl adjacent to an activating group) is 1. The molecule has 2 rings (SSSR count). The average molecular weight is 265 g/mol. The van der Waals surface area contributed by atoms with Gasteiger partial charge in [-0.25, -0.2) is 0 Å². The molecule has 2 aromatic rings. The van der Waals surface area contributed by atoms with Crippen molar-refractivity contribution in [3.63, 3.8) is 0 Å². The molecule has 1 amide bonds. The lowest BCUT2D eigenvalue weighted by Gasteiger charge is -2.18. The van der Waals surface area contributed by atoms with Gasteiger partial charge in [-0.1, -0.05) is 18.2 Å². The zero-order valence-corrected chi connectivity index (χ0v) is 11.2. The van der Waals surface area contributed by atoms with E-state index in [4.69, 9.17) is 5.26 Å². The van der Waals surface area contributed by atoms with Crippen LogP contribution in [0, 0.1) is 11.3 Å². The number of hydrogen-bond donors (Lipinski definition) is 1. The van der Waals surface area contributed by atoms with Gasteiger partial charge in [0.05, 0.1) is 18.2 Å². The molecule has 0 atom stereocenters. The van der Waals surface area contributed by atoms with E-state index in [2.05, 4.69) is 5.32 Å². The molecule has 0 heterocycles. The first-order chi connectivity index (χ1) is 9.69. The number of carbonyl (C=O) groups is 1. The van der Waals surface area contributed by atoms with Gasteiger partial charge in [0.1, 0.15) is 0 Å². The van der Waals surface area contributed by atoms with Crippen LogP contribution < -0.4 is 10.2 Å². The van der Waals surface area contributed by atoms with Crippen molar-refractivity contribution in [3.8, 4) is 6.07 Å². The lowest BCUT2D eigenvalue weighted by molar-refractivity contribution is -0.114. The Balaban J connectivity index is 1.93. The molecule has 0 spiro atoms. The SMILES string of the molecule is CN(CC(=O)Nc1ccc(C#N)cc1)c1ccccc1. The summed E-state index contributed by atoms with van der Waals surface area (Å²) in [5.74, 6) is -0.0962. The van der Waals surface area contributed by atoms with Crippen LogP contribution in [0.2, 0.25) is 0 Å². The fourth-order valence-corrected chi connectivity index (χ4v) is 1.82. The van der Waals surface area contributed by atoms with Crippen LogP contribution >= 0.6 is 0 Å². The summed E-state index contributed by atoms with van der Waals surface area (Å²) in [5, 5.41) is 11.5. The van der Waals surface area contributed by atoms with Crippen molar-refractivity contribution >= 4 is 17.3 Å². The molecule has 0 radical (unpaired) electrons. The predicted molar refractivity (Wildman–Crippen MR) is 79.5 cm³/mol. The number of nitrogens with zero attached hydrogens (tertiary/aromatic N) is 2. The summed E-state index contributed by atoms with van der Waals surface area (Å²) in [6.07, 6.45) is 0. The maximum atomic E-state index is 11.9. The summed E-state index contributed by atoms with van der Waals surface area (Å²) in [4.78, 5) is 13.8. The van der Waals surface area contributed by atoms with Crippen molar-refractivity contribution in [2.45, 2.75) is 0 Å². The number of nitrogens with one attached hydrogen (secondary N) is 1. The van der Waals surface area contributed by atoms with Gasteiger partial charge in [0.2, 0.25) is 5.91 Å². The van der Waals surface area contributed by atoms with Crippen LogP contribution in [0.15, 0.2) is 54.6 Å². The second-order valence-corrected chi connectivity index (χ2v) is 4.43. The summed E-state index contributed by atoms with van der Waals surface area (Å²) in [6, 6.07) is 18.6. The first kappa shape index (κ1) is 13.6. The molecule has 4 nitrogen and oxygen atoms in total. The Bertz CT molecular complexity index is 614. The average Bonchev–Trinajstić information content (AvgIpc) is 2.49. The minimum Gasteiger partial charge on any atom is -0.365 e. The third-order valence-corrected chi connectivity index (χ3v) is 2.88. The molecule has 0 unspecified atom stereocenters. The summed E-state index contributed by atoms with van der Waals surface area (Å²) in [7, 11) is 1.87. The lowest BCUT2D eigenvalue weighted by atomic mass is 10.2. The molecule has 2 aromatic carbocycles. The van der Waals surface area contributed by atoms with E-state index in [1.807, 2.05) is 48.3 Å². The number of benzene rings is 2. The fourth-order valence-electron chi connectivity index (χ4n) is 1.82. The molecule has 0 aromatic heterocycles. The van der Waals surface area contributed by atoms with Gasteiger partial charge in [-0.3, -0.25) is 4.79 Å². The van der Waals surface area contributed by atoms with Gasteiger partial charge >= 0.3 is 0 Å². The Kier molecular flexibility index (Phi) is 4.35. The molecule has 0 aliphatic carbocycles. The second kappa shape index (κ2) is 6.39. The summed E-state index contributed by atoms with van der Waals surface area (Å²) < 4.78 is 0. The number of rotatable bonds is 4. The van der Waals surface area contributed by atoms with Crippen molar-refractivity contribution in [1.82, 2.24) is 0 Å². The van der Waals surface area contributed by atoms with E-state index in [0.717, 1.165) is 5.69 Å². The van der Waals surface area contributed by atoms with Gasteiger partial charge in [-0.05, 0) is 36.4 Å². The topological polar surface area (TPSA) is 56.1 Å². The van der Waals surface area contributed by atoms with Crippen molar-refractivity contribution in [3.05, 3.63) is 60.2 Å². The van der Waals surface area contributed by atoms with Crippen molar-refractivity contribution in [2.24, 2.45) is 0 Å². The minimum absolute atomic E-state index is 0.0962. The molecule has 0 saturated heterocycles. The number of nitriles is 1. The first-order valence-electron chi connectivity index (χ1n) is 6.25. The van der Waals surface area contributed by atoms with Crippen molar-refractivity contribution in [1.29, 1.82) is 5.26 Å². The van der Waals surface area contributed by atoms with Gasteiger partial charge in [-0.2, -0.15) is 5.26 Å². The van der Waals surface area contributed by atoms with E-state index in [1.165, 1.54) is 0 Å². The third kappa shape index (κ3) is 3.59. The van der Waals surface area contributed by atoms with E-state index in [-0.39, 0.29) is 12.5 Å². The van der Waals surface area contributed by atoms with E-state index in [0.29, 0.717) is 11.3 Å². The maximum absolute atomic E-state index is 11.9. The monoisotopic (exact) mass is 265 g/mol. The molecule has 0 aliphatic rings. The van der Waals surface area contributed by atoms with Crippen LogP contribution in [0.3, 0.4) is 0 Å². The molecule has 20 heavy (non-hydrogen) atoms. The van der Waals surface area contributed by atoms with Gasteiger partial charge in [0.15, 0.2) is 0 Å². The quantitative estimate of drug-likeness (QED) is 0.924. The zero-order valence-electron chi connectivity index (χ0n) is 11.2. The summed E-state index contributed by atoms with van der Waals surface area (Å²) in [6.45, 7) is 0.268. The molecule has 0 aliphatic heterocycles. The number of para-hydroxylation sites is 1. The van der Waals surface area contributed by atoms with E-state index in [9.17, 15) is 4.79 Å². The van der Waals surface area contributed by atoms with E-state index >= 15 is 0 Å². The fraction of sp³-hybridized carbons (Fsp3) is 0.125. The molecule has 100 valence electrons. The van der Waals surface area contributed by atoms with Crippen LogP contribution in [0.25, 0.3) is 0 Å². The highest BCUT2D eigenvalue weighted by Crippen LogP contribution is 2.12. The number of anilines is 2. The largest absolute Gasteiger partial charge is 0.365 e. The highest BCUT2D eigenvalue weighted by molar-refractivity contribution is 5.94. The third-order valence-electron chi connectivity index (χ3n) is 2.88. The minimum atomic E-state index is -0.0962. The number of hydrogen-bond acceptors (Lipinski definition) is 3. The Hall–Kier alpha value is -2.80. The van der Waals surface area contributed by atoms with Gasteiger partial charge in [0.25, 0.3) is 0 Å². The predicted octanol–water partition coefficient (Wildman–Crippen LogP) is 2.63. The molecule has 0 bridgehead atoms. The second-order valence-electron chi connectivity index (χ2n) is 4.43. The summed E-state index contributed by atoms with van der Waals surface area (Å²) in [5.41, 5.74) is 2.25. The Morgan fingerprint density at radius 2 is 1.80 bits per heavy atom. The number of amides is 1. The number of carbonyl (C=O) groups excluding carboxylic acids is 1. The molecule has 0 fully saturated rings.